The predicted octanol–water partition coefficient (Wildman–Crippen LogP) is 4.84. The number of carbonyl (C=O) groups is 3. The highest BCUT2D eigenvalue weighted by Crippen LogP contribution is 2.21. The lowest BCUT2D eigenvalue weighted by molar-refractivity contribution is -0.161. The van der Waals surface area contributed by atoms with Crippen LogP contribution in [-0.4, -0.2) is 45.9 Å². The standard InChI is InChI=1S/C20H35NO6/c1-11-12-13-14(15(22)25-18(2,3)4)21(16(23)26-19(5,6)7)17(24)27-20(8,9)10/h11,14H,1,12-13H2,2-10H3/t14-/m0/s1/i1+1. The zero-order valence-electron chi connectivity index (χ0n) is 18.2. The zero-order valence-corrected chi connectivity index (χ0v) is 18.2. The maximum absolute atomic E-state index is 12.7. The highest BCUT2D eigenvalue weighted by Gasteiger charge is 2.41. The van der Waals surface area contributed by atoms with Crippen LogP contribution >= 0.6 is 0 Å². The van der Waals surface area contributed by atoms with Crippen molar-refractivity contribution >= 4 is 18.2 Å². The first kappa shape index (κ1) is 24.9. The number of carbonyl (C=O) groups excluding carboxylic acids is 3. The van der Waals surface area contributed by atoms with Crippen molar-refractivity contribution in [1.29, 1.82) is 0 Å². The molecule has 0 aromatic heterocycles. The monoisotopic (exact) mass is 386 g/mol. The molecule has 0 rings (SSSR count). The van der Waals surface area contributed by atoms with E-state index >= 15 is 0 Å². The summed E-state index contributed by atoms with van der Waals surface area (Å²) >= 11 is 0. The second kappa shape index (κ2) is 9.24. The van der Waals surface area contributed by atoms with Crippen molar-refractivity contribution in [1.82, 2.24) is 4.90 Å². The Bertz CT molecular complexity index is 520. The molecule has 7 nitrogen and oxygen atoms in total. The summed E-state index contributed by atoms with van der Waals surface area (Å²) in [5.74, 6) is -0.707. The number of rotatable bonds is 5. The van der Waals surface area contributed by atoms with Gasteiger partial charge >= 0.3 is 18.2 Å². The van der Waals surface area contributed by atoms with Crippen molar-refractivity contribution < 1.29 is 28.6 Å². The predicted molar refractivity (Wildman–Crippen MR) is 103 cm³/mol. The molecule has 0 aromatic carbocycles. The molecule has 0 heterocycles. The second-order valence-corrected chi connectivity index (χ2v) is 9.25. The number of ether oxygens (including phenoxy) is 3. The highest BCUT2D eigenvalue weighted by atomic mass is 16.6. The van der Waals surface area contributed by atoms with Crippen LogP contribution < -0.4 is 0 Å². The summed E-state index contributed by atoms with van der Waals surface area (Å²) in [4.78, 5) is 38.9. The molecule has 0 N–H and O–H groups in total. The molecule has 0 fully saturated rings. The number of imide groups is 1. The molecule has 0 radical (unpaired) electrons. The van der Waals surface area contributed by atoms with Gasteiger partial charge in [-0.15, -0.1) is 6.58 Å². The van der Waals surface area contributed by atoms with Crippen LogP contribution in [0.25, 0.3) is 0 Å². The molecular formula is C20H35NO6. The van der Waals surface area contributed by atoms with E-state index in [9.17, 15) is 14.4 Å². The lowest BCUT2D eigenvalue weighted by atomic mass is 10.1. The van der Waals surface area contributed by atoms with Crippen molar-refractivity contribution in [2.45, 2.75) is 98.0 Å². The van der Waals surface area contributed by atoms with E-state index in [1.54, 1.807) is 68.4 Å². The third kappa shape index (κ3) is 10.6. The van der Waals surface area contributed by atoms with Gasteiger partial charge in [0.1, 0.15) is 22.8 Å². The third-order valence-electron chi connectivity index (χ3n) is 2.82. The molecule has 7 heteroatoms. The minimum Gasteiger partial charge on any atom is -0.458 e. The van der Waals surface area contributed by atoms with Gasteiger partial charge in [-0.3, -0.25) is 0 Å². The lowest BCUT2D eigenvalue weighted by Crippen LogP contribution is -2.53. The number of esters is 1. The Kier molecular flexibility index (Phi) is 8.54. The first-order chi connectivity index (χ1) is 12.0. The molecule has 0 unspecified atom stereocenters. The van der Waals surface area contributed by atoms with E-state index in [1.165, 1.54) is 0 Å². The van der Waals surface area contributed by atoms with Gasteiger partial charge in [0, 0.05) is 0 Å². The average molecular weight is 386 g/mol. The normalized spacial score (nSPS) is 13.4. The second-order valence-electron chi connectivity index (χ2n) is 9.25. The van der Waals surface area contributed by atoms with Crippen molar-refractivity contribution in [2.75, 3.05) is 0 Å². The fourth-order valence-corrected chi connectivity index (χ4v) is 1.95. The van der Waals surface area contributed by atoms with E-state index in [0.717, 1.165) is 0 Å². The lowest BCUT2D eigenvalue weighted by Gasteiger charge is -2.33. The summed E-state index contributed by atoms with van der Waals surface area (Å²) in [6.07, 6.45) is 0.219. The van der Waals surface area contributed by atoms with Crippen LogP contribution in [0.3, 0.4) is 0 Å². The van der Waals surface area contributed by atoms with Crippen molar-refractivity contribution in [3.05, 3.63) is 12.7 Å². The van der Waals surface area contributed by atoms with Crippen LogP contribution in [0, 0.1) is 0 Å². The quantitative estimate of drug-likeness (QED) is 0.291. The Morgan fingerprint density at radius 1 is 0.815 bits per heavy atom. The zero-order chi connectivity index (χ0) is 21.6. The molecule has 156 valence electrons. The van der Waals surface area contributed by atoms with Crippen LogP contribution in [0.5, 0.6) is 0 Å². The SMILES string of the molecule is CC(C)(C)OC(=O)[C@H](CCC=[13CH2])N(C(=O)OC(C)(C)C)C(=O)OC(C)(C)C. The number of hydrogen-bond donors (Lipinski definition) is 0. The van der Waals surface area contributed by atoms with Gasteiger partial charge in [-0.1, -0.05) is 6.08 Å². The Morgan fingerprint density at radius 3 is 1.48 bits per heavy atom. The molecule has 0 bridgehead atoms. The Morgan fingerprint density at radius 2 is 1.19 bits per heavy atom. The Hall–Kier alpha value is -2.05. The number of nitrogens with zero attached hydrogens (tertiary/aromatic N) is 1. The van der Waals surface area contributed by atoms with Gasteiger partial charge < -0.3 is 14.2 Å². The maximum Gasteiger partial charge on any atom is 0.420 e. The van der Waals surface area contributed by atoms with Gasteiger partial charge in [0.15, 0.2) is 0 Å². The third-order valence-corrected chi connectivity index (χ3v) is 2.82. The van der Waals surface area contributed by atoms with Crippen molar-refractivity contribution in [2.24, 2.45) is 0 Å². The van der Waals surface area contributed by atoms with Crippen LogP contribution in [0.1, 0.15) is 75.2 Å². The van der Waals surface area contributed by atoms with Gasteiger partial charge in [0.05, 0.1) is 0 Å². The topological polar surface area (TPSA) is 82.1 Å². The molecule has 0 saturated heterocycles. The van der Waals surface area contributed by atoms with Crippen LogP contribution in [0.4, 0.5) is 9.59 Å². The molecule has 0 saturated carbocycles. The fraction of sp³-hybridized carbons (Fsp3) is 0.750. The van der Waals surface area contributed by atoms with Crippen LogP contribution in [0.2, 0.25) is 0 Å². The summed E-state index contributed by atoms with van der Waals surface area (Å²) in [5.41, 5.74) is -2.49. The van der Waals surface area contributed by atoms with Gasteiger partial charge in [-0.25, -0.2) is 14.4 Å². The van der Waals surface area contributed by atoms with Crippen molar-refractivity contribution in [3.8, 4) is 0 Å². The van der Waals surface area contributed by atoms with Gasteiger partial charge in [0.25, 0.3) is 0 Å². The minimum atomic E-state index is -1.19. The smallest absolute Gasteiger partial charge is 0.420 e. The van der Waals surface area contributed by atoms with E-state index in [2.05, 4.69) is 6.58 Å². The van der Waals surface area contributed by atoms with Crippen molar-refractivity contribution in [3.63, 3.8) is 0 Å². The fourth-order valence-electron chi connectivity index (χ4n) is 1.95. The average Bonchev–Trinajstić information content (AvgIpc) is 2.36. The highest BCUT2D eigenvalue weighted by molar-refractivity contribution is 5.94. The molecule has 1 atom stereocenters. The maximum atomic E-state index is 12.7. The van der Waals surface area contributed by atoms with E-state index in [0.29, 0.717) is 11.3 Å². The van der Waals surface area contributed by atoms with E-state index < -0.39 is 41.0 Å². The summed E-state index contributed by atoms with van der Waals surface area (Å²) < 4.78 is 16.1. The molecule has 0 aliphatic carbocycles. The van der Waals surface area contributed by atoms with Gasteiger partial charge in [-0.2, -0.15) is 4.90 Å². The van der Waals surface area contributed by atoms with Gasteiger partial charge in [-0.05, 0) is 75.2 Å². The molecule has 0 spiro atoms. The molecule has 27 heavy (non-hydrogen) atoms. The molecule has 0 aromatic rings. The first-order valence-electron chi connectivity index (χ1n) is 9.06. The molecule has 0 aliphatic rings. The summed E-state index contributed by atoms with van der Waals surface area (Å²) in [7, 11) is 0. The molecule has 0 aliphatic heterocycles. The number of allylic oxidation sites excluding steroid dienone is 1. The Balaban J connectivity index is 5.93. The minimum absolute atomic E-state index is 0.150. The van der Waals surface area contributed by atoms with E-state index in [1.807, 2.05) is 0 Å². The summed E-state index contributed by atoms with van der Waals surface area (Å²) in [6, 6.07) is -1.19. The number of amides is 2. The molecular weight excluding hydrogens is 351 g/mol. The van der Waals surface area contributed by atoms with E-state index in [-0.39, 0.29) is 6.42 Å². The number of hydrogen-bond acceptors (Lipinski definition) is 6. The largest absolute Gasteiger partial charge is 0.458 e. The van der Waals surface area contributed by atoms with Gasteiger partial charge in [0.2, 0.25) is 0 Å². The first-order valence-corrected chi connectivity index (χ1v) is 9.06. The summed E-state index contributed by atoms with van der Waals surface area (Å²) in [5, 5.41) is 0. The Labute approximate surface area is 163 Å². The van der Waals surface area contributed by atoms with Crippen LogP contribution in [0.15, 0.2) is 12.7 Å². The van der Waals surface area contributed by atoms with Crippen LogP contribution in [-0.2, 0) is 19.0 Å². The molecule has 2 amide bonds. The van der Waals surface area contributed by atoms with E-state index in [4.69, 9.17) is 14.2 Å². The summed E-state index contributed by atoms with van der Waals surface area (Å²) in [6.45, 7) is 18.8.